The molecule has 0 fully saturated rings. The maximum absolute atomic E-state index is 12.4. The minimum Gasteiger partial charge on any atom is -0.361 e. The van der Waals surface area contributed by atoms with Gasteiger partial charge in [-0.2, -0.15) is 0 Å². The topological polar surface area (TPSA) is 350 Å². The highest BCUT2D eigenvalue weighted by atomic mass is 16.5. The monoisotopic (exact) mass is 1790 g/mol. The molecule has 0 saturated heterocycles. The van der Waals surface area contributed by atoms with Crippen LogP contribution in [0.15, 0.2) is 45.3 Å². The Balaban J connectivity index is 0.000000762. The molecule has 6 amide bonds. The number of nitrogens with zero attached hydrogens (tertiary/aromatic N) is 12. The Morgan fingerprint density at radius 1 is 0.283 bits per heavy atom. The summed E-state index contributed by atoms with van der Waals surface area (Å²) in [4.78, 5) is 87.2. The Bertz CT molecular complexity index is 4050. The summed E-state index contributed by atoms with van der Waals surface area (Å²) in [7, 11) is 12.7. The number of amides is 6. The number of aryl methyl sites for hydroxylation is 6. The molecule has 0 saturated carbocycles. The van der Waals surface area contributed by atoms with E-state index >= 15 is 0 Å². The van der Waals surface area contributed by atoms with Crippen LogP contribution < -0.4 is 31.9 Å². The van der Waals surface area contributed by atoms with Crippen molar-refractivity contribution in [2.45, 2.75) is 361 Å². The molecule has 0 bridgehead atoms. The lowest BCUT2D eigenvalue weighted by Gasteiger charge is -2.41. The second-order valence-corrected chi connectivity index (χ2v) is 35.6. The molecule has 0 aliphatic heterocycles. The summed E-state index contributed by atoms with van der Waals surface area (Å²) >= 11 is 0. The molecule has 0 aliphatic rings. The Morgan fingerprint density at radius 2 is 0.528 bits per heavy atom. The van der Waals surface area contributed by atoms with E-state index < -0.39 is 0 Å². The maximum Gasteiger partial charge on any atom is 0.273 e. The SMILES string of the molecule is CCCCN(C)C(C)(C)CNC(=O)c1cc(CC)on1.CCCCN(C)C(C)(C)CNC(=O)c1noc(CC)c1C.CCCCN(C)C(C)(CC)CNC(=O)c1cc(CC)on1.CCCCN(C)C(C)(CC)CNC(=O)c1noc(CC)c1C.CCCN(C)C(CC)(CC)CNC(=O)c1cc(CC)on1.CCCN(C)C(CC)(CC)CNC(=O)c1noc(CC)c1C. The third-order valence-electron chi connectivity index (χ3n) is 26.1. The third-order valence-corrected chi connectivity index (χ3v) is 26.1. The summed E-state index contributed by atoms with van der Waals surface area (Å²) in [6.07, 6.45) is 22.0. The number of hydrogen-bond donors (Lipinski definition) is 6. The van der Waals surface area contributed by atoms with E-state index in [1.807, 2.05) is 62.3 Å². The first kappa shape index (κ1) is 117. The van der Waals surface area contributed by atoms with E-state index in [2.05, 4.69) is 259 Å². The zero-order valence-electron chi connectivity index (χ0n) is 85.5. The largest absolute Gasteiger partial charge is 0.361 e. The van der Waals surface area contributed by atoms with Gasteiger partial charge in [0.1, 0.15) is 34.6 Å². The zero-order chi connectivity index (χ0) is 96.5. The number of nitrogens with one attached hydrogen (secondary N) is 6. The molecule has 6 aromatic rings. The van der Waals surface area contributed by atoms with Crippen molar-refractivity contribution in [2.24, 2.45) is 0 Å². The van der Waals surface area contributed by atoms with Gasteiger partial charge >= 0.3 is 0 Å². The second-order valence-electron chi connectivity index (χ2n) is 35.6. The molecule has 6 rings (SSSR count). The van der Waals surface area contributed by atoms with Gasteiger partial charge in [0, 0.05) is 146 Å². The number of likely N-dealkylation sites (N-methyl/N-ethyl adjacent to an activating group) is 6. The normalized spacial score (nSPS) is 12.7. The average molecular weight is 1790 g/mol. The van der Waals surface area contributed by atoms with Crippen molar-refractivity contribution in [1.82, 2.24) is 92.2 Å². The standard InChI is InChI=1S/2C17H31N3O2.3C16H29N3O2.C15H27N3O2/c1-7-10-11-20(6)17(5,9-3)12-18-16(21)15-13(4)14(8-2)22-19-15;1-7-11-20(6)17(9-3,10-4)12-18-16(21)15-13(5)14(8-2)22-19-15;1-7-9-10-19(6)16(4,5)11-17-15(20)14-12(3)13(8-2)21-18-14;1-6-9-10-19(5)16(4,8-3)12-17-15(20)14-11-13(7-2)21-18-14;1-6-10-19(5)16(8-3,9-4)12-17-15(20)14-11-13(7-2)21-18-14;1-6-8-9-18(5)15(3,4)11-16-14(19)13-10-12(7-2)20-17-13/h2*7-12H2,1-6H3,(H,18,21);7-11H2,1-6H3,(H,17,20);2*11H,6-10,12H2,1-5H3,(H,17,20);10H,6-9,11H2,1-5H3,(H,16,19). The fourth-order valence-corrected chi connectivity index (χ4v) is 14.2. The van der Waals surface area contributed by atoms with Gasteiger partial charge < -0.3 is 59.0 Å². The van der Waals surface area contributed by atoms with E-state index in [0.29, 0.717) is 73.4 Å². The van der Waals surface area contributed by atoms with E-state index in [1.54, 1.807) is 18.2 Å². The number of hydrogen-bond acceptors (Lipinski definition) is 24. The molecule has 6 heterocycles. The highest BCUT2D eigenvalue weighted by Gasteiger charge is 2.36. The van der Waals surface area contributed by atoms with Crippen LogP contribution in [0.3, 0.4) is 0 Å². The van der Waals surface area contributed by atoms with Crippen LogP contribution in [0, 0.1) is 20.8 Å². The molecular formula is C97H176N18O12. The van der Waals surface area contributed by atoms with Crippen LogP contribution >= 0.6 is 0 Å². The lowest BCUT2D eigenvalue weighted by atomic mass is 9.90. The molecule has 0 aliphatic carbocycles. The Hall–Kier alpha value is -8.16. The predicted molar refractivity (Wildman–Crippen MR) is 512 cm³/mol. The fourth-order valence-electron chi connectivity index (χ4n) is 14.2. The second kappa shape index (κ2) is 59.9. The van der Waals surface area contributed by atoms with Gasteiger partial charge in [0.25, 0.3) is 35.4 Å². The quantitative estimate of drug-likeness (QED) is 0.0207. The summed E-state index contributed by atoms with van der Waals surface area (Å²) < 4.78 is 30.8. The summed E-state index contributed by atoms with van der Waals surface area (Å²) in [5.41, 5.74) is 4.59. The number of aromatic nitrogens is 6. The molecule has 30 heteroatoms. The van der Waals surface area contributed by atoms with Gasteiger partial charge in [-0.3, -0.25) is 58.2 Å². The van der Waals surface area contributed by atoms with Crippen molar-refractivity contribution >= 4 is 35.4 Å². The molecule has 0 spiro atoms. The van der Waals surface area contributed by atoms with Crippen LogP contribution in [-0.4, -0.2) is 250 Å². The summed E-state index contributed by atoms with van der Waals surface area (Å²) in [5, 5.41) is 41.1. The van der Waals surface area contributed by atoms with E-state index in [-0.39, 0.29) is 68.7 Å². The molecule has 6 N–H and O–H groups in total. The van der Waals surface area contributed by atoms with Crippen molar-refractivity contribution < 1.29 is 55.9 Å². The number of unbranched alkanes of at least 4 members (excludes halogenated alkanes) is 4. The molecule has 6 aromatic heterocycles. The maximum atomic E-state index is 12.4. The first-order valence-electron chi connectivity index (χ1n) is 47.8. The van der Waals surface area contributed by atoms with Crippen LogP contribution in [0.2, 0.25) is 0 Å². The minimum atomic E-state index is -0.176. The molecule has 0 radical (unpaired) electrons. The first-order valence-corrected chi connectivity index (χ1v) is 47.8. The predicted octanol–water partition coefficient (Wildman–Crippen LogP) is 17.3. The number of carbonyl (C=O) groups is 6. The highest BCUT2D eigenvalue weighted by Crippen LogP contribution is 2.27. The molecule has 0 aromatic carbocycles. The van der Waals surface area contributed by atoms with Crippen molar-refractivity contribution in [3.63, 3.8) is 0 Å². The average Bonchev–Trinajstić information content (AvgIpc) is 1.79. The molecular weight excluding hydrogens is 1610 g/mol. The van der Waals surface area contributed by atoms with Gasteiger partial charge in [0.15, 0.2) is 34.2 Å². The van der Waals surface area contributed by atoms with Crippen molar-refractivity contribution in [1.29, 1.82) is 0 Å². The zero-order valence-corrected chi connectivity index (χ0v) is 85.5. The Kier molecular flexibility index (Phi) is 55.1. The number of rotatable bonds is 52. The van der Waals surface area contributed by atoms with E-state index in [4.69, 9.17) is 27.1 Å². The minimum absolute atomic E-state index is 0.00297. The summed E-state index contributed by atoms with van der Waals surface area (Å²) in [6.45, 7) is 66.4. The lowest BCUT2D eigenvalue weighted by Crippen LogP contribution is -2.53. The Morgan fingerprint density at radius 3 is 0.756 bits per heavy atom. The molecule has 127 heavy (non-hydrogen) atoms. The Labute approximate surface area is 765 Å². The van der Waals surface area contributed by atoms with Crippen molar-refractivity contribution in [2.75, 3.05) is 121 Å². The van der Waals surface area contributed by atoms with Crippen molar-refractivity contribution in [3.8, 4) is 0 Å². The van der Waals surface area contributed by atoms with E-state index in [9.17, 15) is 28.8 Å². The molecule has 2 unspecified atom stereocenters. The van der Waals surface area contributed by atoms with Crippen LogP contribution in [0.5, 0.6) is 0 Å². The first-order chi connectivity index (χ1) is 60.1. The van der Waals surface area contributed by atoms with Gasteiger partial charge in [-0.25, -0.2) is 0 Å². The van der Waals surface area contributed by atoms with Crippen molar-refractivity contribution in [3.05, 3.63) is 104 Å². The van der Waals surface area contributed by atoms with Gasteiger partial charge in [-0.15, -0.1) is 0 Å². The van der Waals surface area contributed by atoms with Gasteiger partial charge in [0.05, 0.1) is 0 Å². The van der Waals surface area contributed by atoms with Crippen LogP contribution in [0.25, 0.3) is 0 Å². The van der Waals surface area contributed by atoms with Crippen LogP contribution in [0.1, 0.15) is 383 Å². The lowest BCUT2D eigenvalue weighted by molar-refractivity contribution is 0.0814. The highest BCUT2D eigenvalue weighted by molar-refractivity contribution is 5.95. The van der Waals surface area contributed by atoms with Gasteiger partial charge in [-0.1, -0.05) is 181 Å². The fraction of sp³-hybridized carbons (Fsp3) is 0.753. The summed E-state index contributed by atoms with van der Waals surface area (Å²) in [6, 6.07) is 5.12. The molecule has 726 valence electrons. The smallest absolute Gasteiger partial charge is 0.273 e. The van der Waals surface area contributed by atoms with E-state index in [0.717, 1.165) is 193 Å². The number of carbonyl (C=O) groups excluding carboxylic acids is 6. The molecule has 30 nitrogen and oxygen atoms in total. The van der Waals surface area contributed by atoms with Crippen LogP contribution in [0.4, 0.5) is 0 Å². The van der Waals surface area contributed by atoms with Crippen LogP contribution in [-0.2, 0) is 38.5 Å². The summed E-state index contributed by atoms with van der Waals surface area (Å²) in [5.74, 6) is 3.60. The van der Waals surface area contributed by atoms with Gasteiger partial charge in [-0.05, 0) is 221 Å². The molecule has 2 atom stereocenters. The third kappa shape index (κ3) is 37.3. The van der Waals surface area contributed by atoms with Gasteiger partial charge in [0.2, 0.25) is 0 Å². The van der Waals surface area contributed by atoms with E-state index in [1.165, 1.54) is 38.5 Å².